The third-order valence-corrected chi connectivity index (χ3v) is 3.57. The Morgan fingerprint density at radius 2 is 1.78 bits per heavy atom. The van der Waals surface area contributed by atoms with Gasteiger partial charge in [0.2, 0.25) is 0 Å². The van der Waals surface area contributed by atoms with E-state index in [1.165, 1.54) is 0 Å². The molecule has 1 aliphatic heterocycles. The molecule has 1 fully saturated rings. The summed E-state index contributed by atoms with van der Waals surface area (Å²) in [7, 11) is 0. The van der Waals surface area contributed by atoms with Gasteiger partial charge in [0.1, 0.15) is 23.3 Å². The first-order chi connectivity index (χ1) is 10.6. The molecule has 0 radical (unpaired) electrons. The minimum Gasteiger partial charge on any atom is -0.480 e. The van der Waals surface area contributed by atoms with E-state index in [9.17, 15) is 23.5 Å². The van der Waals surface area contributed by atoms with Crippen LogP contribution in [0.2, 0.25) is 0 Å². The van der Waals surface area contributed by atoms with Gasteiger partial charge in [-0.05, 0) is 44.9 Å². The lowest BCUT2D eigenvalue weighted by Crippen LogP contribution is -2.43. The number of ether oxygens (including phenoxy) is 1. The van der Waals surface area contributed by atoms with E-state index in [-0.39, 0.29) is 13.0 Å². The summed E-state index contributed by atoms with van der Waals surface area (Å²) >= 11 is 0. The monoisotopic (exact) mass is 327 g/mol. The Balaban J connectivity index is 2.24. The molecule has 2 atom stereocenters. The number of rotatable bonds is 2. The quantitative estimate of drug-likeness (QED) is 0.906. The zero-order valence-electron chi connectivity index (χ0n) is 13.2. The molecule has 0 saturated carbocycles. The van der Waals surface area contributed by atoms with Crippen LogP contribution in [0.1, 0.15) is 38.7 Å². The van der Waals surface area contributed by atoms with Crippen LogP contribution in [0.15, 0.2) is 18.2 Å². The fourth-order valence-electron chi connectivity index (χ4n) is 2.64. The van der Waals surface area contributed by atoms with Crippen molar-refractivity contribution in [3.05, 3.63) is 35.4 Å². The average molecular weight is 327 g/mol. The zero-order valence-corrected chi connectivity index (χ0v) is 13.2. The molecule has 1 heterocycles. The van der Waals surface area contributed by atoms with Crippen LogP contribution in [0.5, 0.6) is 0 Å². The molecule has 1 aromatic carbocycles. The highest BCUT2D eigenvalue weighted by Gasteiger charge is 2.42. The molecule has 126 valence electrons. The third kappa shape index (κ3) is 4.18. The number of carboxylic acid groups (broad SMARTS) is 1. The highest BCUT2D eigenvalue weighted by molar-refractivity contribution is 5.81. The maximum atomic E-state index is 13.4. The van der Waals surface area contributed by atoms with Crippen molar-refractivity contribution in [2.45, 2.75) is 44.8 Å². The summed E-state index contributed by atoms with van der Waals surface area (Å²) in [6.07, 6.45) is -0.665. The van der Waals surface area contributed by atoms with E-state index < -0.39 is 41.3 Å². The molecule has 2 rings (SSSR count). The lowest BCUT2D eigenvalue weighted by Gasteiger charge is -2.26. The Bertz CT molecular complexity index is 607. The van der Waals surface area contributed by atoms with Gasteiger partial charge in [-0.25, -0.2) is 18.4 Å². The van der Waals surface area contributed by atoms with Gasteiger partial charge in [-0.15, -0.1) is 0 Å². The Kier molecular flexibility index (Phi) is 4.58. The van der Waals surface area contributed by atoms with Crippen molar-refractivity contribution < 1.29 is 28.2 Å². The zero-order chi connectivity index (χ0) is 17.4. The number of halogens is 2. The first-order valence-corrected chi connectivity index (χ1v) is 7.25. The Labute approximate surface area is 132 Å². The minimum atomic E-state index is -1.17. The molecule has 5 nitrogen and oxygen atoms in total. The highest BCUT2D eigenvalue weighted by Crippen LogP contribution is 2.33. The molecule has 0 unspecified atom stereocenters. The van der Waals surface area contributed by atoms with Gasteiger partial charge in [-0.3, -0.25) is 4.90 Å². The van der Waals surface area contributed by atoms with E-state index in [4.69, 9.17) is 4.74 Å². The van der Waals surface area contributed by atoms with E-state index in [1.54, 1.807) is 20.8 Å². The normalized spacial score (nSPS) is 21.3. The van der Waals surface area contributed by atoms with Gasteiger partial charge >= 0.3 is 12.1 Å². The molecule has 7 heteroatoms. The van der Waals surface area contributed by atoms with Gasteiger partial charge in [0.05, 0.1) is 0 Å². The molecular formula is C16H19F2NO4. The smallest absolute Gasteiger partial charge is 0.411 e. The van der Waals surface area contributed by atoms with Crippen molar-refractivity contribution in [2.24, 2.45) is 0 Å². The lowest BCUT2D eigenvalue weighted by atomic mass is 9.96. The van der Waals surface area contributed by atoms with Crippen LogP contribution in [-0.4, -0.2) is 40.3 Å². The number of carbonyl (C=O) groups is 2. The fraction of sp³-hybridized carbons (Fsp3) is 0.500. The molecule has 0 spiro atoms. The summed E-state index contributed by atoms with van der Waals surface area (Å²) in [5.41, 5.74) is -0.428. The molecule has 1 saturated heterocycles. The first kappa shape index (κ1) is 17.2. The second kappa shape index (κ2) is 6.14. The molecular weight excluding hydrogens is 308 g/mol. The maximum absolute atomic E-state index is 13.4. The minimum absolute atomic E-state index is 0.0365. The molecule has 0 bridgehead atoms. The molecule has 0 aliphatic carbocycles. The Morgan fingerprint density at radius 3 is 2.26 bits per heavy atom. The van der Waals surface area contributed by atoms with Gasteiger partial charge in [0.15, 0.2) is 0 Å². The summed E-state index contributed by atoms with van der Waals surface area (Å²) in [6.45, 7) is 5.07. The van der Waals surface area contributed by atoms with Crippen LogP contribution in [0.3, 0.4) is 0 Å². The van der Waals surface area contributed by atoms with Crippen molar-refractivity contribution >= 4 is 12.1 Å². The Morgan fingerprint density at radius 1 is 1.22 bits per heavy atom. The van der Waals surface area contributed by atoms with Crippen LogP contribution in [-0.2, 0) is 9.53 Å². The van der Waals surface area contributed by atoms with Crippen LogP contribution in [0.4, 0.5) is 13.6 Å². The van der Waals surface area contributed by atoms with E-state index in [2.05, 4.69) is 0 Å². The number of likely N-dealkylation sites (tertiary alicyclic amines) is 1. The van der Waals surface area contributed by atoms with Crippen molar-refractivity contribution in [1.29, 1.82) is 0 Å². The predicted molar refractivity (Wildman–Crippen MR) is 78.1 cm³/mol. The van der Waals surface area contributed by atoms with Gasteiger partial charge in [0, 0.05) is 18.5 Å². The summed E-state index contributed by atoms with van der Waals surface area (Å²) in [5.74, 6) is -3.10. The number of nitrogens with zero attached hydrogens (tertiary/aromatic N) is 1. The van der Waals surface area contributed by atoms with E-state index in [1.807, 2.05) is 0 Å². The SMILES string of the molecule is CC(C)(C)OC(=O)N1C[C@@H](c2cc(F)cc(F)c2)C[C@@H]1C(=O)O. The van der Waals surface area contributed by atoms with E-state index >= 15 is 0 Å². The number of amides is 1. The summed E-state index contributed by atoms with van der Waals surface area (Å²) < 4.78 is 31.9. The van der Waals surface area contributed by atoms with Gasteiger partial charge < -0.3 is 9.84 Å². The fourth-order valence-corrected chi connectivity index (χ4v) is 2.64. The van der Waals surface area contributed by atoms with E-state index in [0.29, 0.717) is 5.56 Å². The number of hydrogen-bond donors (Lipinski definition) is 1. The molecule has 23 heavy (non-hydrogen) atoms. The summed E-state index contributed by atoms with van der Waals surface area (Å²) in [6, 6.07) is 1.98. The van der Waals surface area contributed by atoms with E-state index in [0.717, 1.165) is 23.1 Å². The van der Waals surface area contributed by atoms with Crippen molar-refractivity contribution in [3.63, 3.8) is 0 Å². The van der Waals surface area contributed by atoms with Crippen LogP contribution in [0.25, 0.3) is 0 Å². The van der Waals surface area contributed by atoms with Crippen LogP contribution < -0.4 is 0 Å². The van der Waals surface area contributed by atoms with Crippen molar-refractivity contribution in [1.82, 2.24) is 4.90 Å². The number of aliphatic carboxylic acids is 1. The Hall–Kier alpha value is -2.18. The lowest BCUT2D eigenvalue weighted by molar-refractivity contribution is -0.142. The molecule has 1 amide bonds. The van der Waals surface area contributed by atoms with Gasteiger partial charge in [0.25, 0.3) is 0 Å². The van der Waals surface area contributed by atoms with Crippen LogP contribution in [0, 0.1) is 11.6 Å². The first-order valence-electron chi connectivity index (χ1n) is 7.25. The average Bonchev–Trinajstić information content (AvgIpc) is 2.80. The maximum Gasteiger partial charge on any atom is 0.411 e. The molecule has 1 aromatic rings. The van der Waals surface area contributed by atoms with Gasteiger partial charge in [-0.2, -0.15) is 0 Å². The standard InChI is InChI=1S/C16H19F2NO4/c1-16(2,3)23-15(22)19-8-10(6-13(19)14(20)21)9-4-11(17)7-12(18)5-9/h4-5,7,10,13H,6,8H2,1-3H3,(H,20,21)/t10-,13+/m0/s1. The third-order valence-electron chi connectivity index (χ3n) is 3.57. The number of hydrogen-bond acceptors (Lipinski definition) is 3. The summed E-state index contributed by atoms with van der Waals surface area (Å²) in [4.78, 5) is 24.7. The second-order valence-corrected chi connectivity index (χ2v) is 6.62. The van der Waals surface area contributed by atoms with Crippen molar-refractivity contribution in [2.75, 3.05) is 6.54 Å². The van der Waals surface area contributed by atoms with Gasteiger partial charge in [-0.1, -0.05) is 0 Å². The highest BCUT2D eigenvalue weighted by atomic mass is 19.1. The molecule has 1 N–H and O–H groups in total. The van der Waals surface area contributed by atoms with Crippen LogP contribution >= 0.6 is 0 Å². The summed E-state index contributed by atoms with van der Waals surface area (Å²) in [5, 5.41) is 9.31. The van der Waals surface area contributed by atoms with Crippen molar-refractivity contribution in [3.8, 4) is 0 Å². The predicted octanol–water partition coefficient (Wildman–Crippen LogP) is 3.14. The second-order valence-electron chi connectivity index (χ2n) is 6.62. The molecule has 1 aliphatic rings. The largest absolute Gasteiger partial charge is 0.480 e. The topological polar surface area (TPSA) is 66.8 Å². The number of carbonyl (C=O) groups excluding carboxylic acids is 1. The number of benzene rings is 1. The number of carboxylic acids is 1. The molecule has 0 aromatic heterocycles.